The highest BCUT2D eigenvalue weighted by molar-refractivity contribution is 6.35. The lowest BCUT2D eigenvalue weighted by Crippen LogP contribution is -2.21. The van der Waals surface area contributed by atoms with Gasteiger partial charge >= 0.3 is 5.97 Å². The summed E-state index contributed by atoms with van der Waals surface area (Å²) in [5.41, 5.74) is 0.779. The van der Waals surface area contributed by atoms with Crippen molar-refractivity contribution in [3.05, 3.63) is 62.3 Å². The van der Waals surface area contributed by atoms with Crippen LogP contribution in [-0.4, -0.2) is 20.6 Å². The van der Waals surface area contributed by atoms with Crippen molar-refractivity contribution in [1.82, 2.24) is 9.55 Å². The van der Waals surface area contributed by atoms with Crippen molar-refractivity contribution in [2.75, 3.05) is 5.73 Å². The molecule has 12 heteroatoms. The van der Waals surface area contributed by atoms with Crippen LogP contribution in [0.5, 0.6) is 0 Å². The number of nitrogen functional groups attached to an aromatic ring is 1. The number of carboxylic acids is 1. The van der Waals surface area contributed by atoms with E-state index in [0.29, 0.717) is 16.8 Å². The van der Waals surface area contributed by atoms with Crippen LogP contribution in [0.3, 0.4) is 0 Å². The van der Waals surface area contributed by atoms with Crippen LogP contribution in [0.4, 0.5) is 27.6 Å². The van der Waals surface area contributed by atoms with E-state index < -0.39 is 73.6 Å². The smallest absolute Gasteiger partial charge is 0.341 e. The first kappa shape index (κ1) is 18.6. The van der Waals surface area contributed by atoms with E-state index in [1.54, 1.807) is 0 Å². The molecule has 0 radical (unpaired) electrons. The molecule has 0 aliphatic rings. The summed E-state index contributed by atoms with van der Waals surface area (Å²) in [5.74, 6) is -11.5. The third kappa shape index (κ3) is 2.67. The first-order valence-electron chi connectivity index (χ1n) is 6.82. The van der Waals surface area contributed by atoms with Gasteiger partial charge in [-0.2, -0.15) is 13.8 Å². The summed E-state index contributed by atoms with van der Waals surface area (Å²) >= 11 is 5.68. The normalized spacial score (nSPS) is 11.2. The molecule has 1 aromatic carbocycles. The zero-order valence-corrected chi connectivity index (χ0v) is 13.4. The summed E-state index contributed by atoms with van der Waals surface area (Å²) < 4.78 is 69.2. The molecule has 0 saturated heterocycles. The van der Waals surface area contributed by atoms with Crippen molar-refractivity contribution in [2.24, 2.45) is 0 Å². The number of fused-ring (bicyclic) bond motifs is 1. The summed E-state index contributed by atoms with van der Waals surface area (Å²) in [5, 5.41) is 7.33. The van der Waals surface area contributed by atoms with Crippen LogP contribution in [0.15, 0.2) is 17.1 Å². The van der Waals surface area contributed by atoms with E-state index in [9.17, 15) is 31.5 Å². The number of nitrogens with zero attached hydrogens (tertiary/aromatic N) is 2. The fraction of sp³-hybridized carbons (Fsp3) is 0. The van der Waals surface area contributed by atoms with Gasteiger partial charge in [-0.05, 0) is 6.07 Å². The van der Waals surface area contributed by atoms with Crippen LogP contribution in [0.25, 0.3) is 16.7 Å². The number of aromatic carboxylic acids is 1. The van der Waals surface area contributed by atoms with Crippen molar-refractivity contribution >= 4 is 34.2 Å². The summed E-state index contributed by atoms with van der Waals surface area (Å²) in [7, 11) is 0. The lowest BCUT2D eigenvalue weighted by atomic mass is 10.1. The first-order valence-corrected chi connectivity index (χ1v) is 7.20. The maximum atomic E-state index is 14.3. The van der Waals surface area contributed by atoms with Gasteiger partial charge in [-0.15, -0.1) is 0 Å². The van der Waals surface area contributed by atoms with E-state index in [1.165, 1.54) is 0 Å². The van der Waals surface area contributed by atoms with Gasteiger partial charge in [0.25, 0.3) is 5.95 Å². The molecule has 3 aromatic rings. The third-order valence-corrected chi connectivity index (χ3v) is 3.98. The summed E-state index contributed by atoms with van der Waals surface area (Å²) in [4.78, 5) is 26.5. The van der Waals surface area contributed by atoms with E-state index in [0.717, 1.165) is 0 Å². The molecule has 2 aromatic heterocycles. The summed E-state index contributed by atoms with van der Waals surface area (Å²) in [6.07, 6.45) is 0.457. The number of carboxylic acid groups (broad SMARTS) is 1. The Labute approximate surface area is 150 Å². The van der Waals surface area contributed by atoms with Gasteiger partial charge in [0.15, 0.2) is 23.3 Å². The fourth-order valence-electron chi connectivity index (χ4n) is 2.39. The molecular weight excluding hydrogens is 401 g/mol. The molecule has 0 aliphatic heterocycles. The second-order valence-corrected chi connectivity index (χ2v) is 5.58. The van der Waals surface area contributed by atoms with Gasteiger partial charge in [0, 0.05) is 6.20 Å². The second-order valence-electron chi connectivity index (χ2n) is 5.20. The van der Waals surface area contributed by atoms with Gasteiger partial charge in [-0.1, -0.05) is 11.6 Å². The van der Waals surface area contributed by atoms with Gasteiger partial charge < -0.3 is 10.8 Å². The topological polar surface area (TPSA) is 98.2 Å². The molecule has 140 valence electrons. The third-order valence-electron chi connectivity index (χ3n) is 3.64. The zero-order valence-electron chi connectivity index (χ0n) is 12.7. The SMILES string of the molecule is Nc1c(F)c(F)nc(-n2cc(C(=O)O)c(=O)c3cc(F)c(F)c(Cl)c32)c1F. The number of nitrogens with two attached hydrogens (primary N) is 1. The van der Waals surface area contributed by atoms with Crippen molar-refractivity contribution in [3.63, 3.8) is 0 Å². The summed E-state index contributed by atoms with van der Waals surface area (Å²) in [6, 6.07) is 0.336. The second kappa shape index (κ2) is 6.20. The number of pyridine rings is 2. The van der Waals surface area contributed by atoms with E-state index in [1.807, 2.05) is 0 Å². The minimum absolute atomic E-state index is 0.336. The maximum absolute atomic E-state index is 14.3. The Morgan fingerprint density at radius 2 is 1.78 bits per heavy atom. The number of hydrogen-bond donors (Lipinski definition) is 2. The van der Waals surface area contributed by atoms with Crippen LogP contribution in [0, 0.1) is 29.2 Å². The highest BCUT2D eigenvalue weighted by Crippen LogP contribution is 2.31. The average molecular weight is 406 g/mol. The van der Waals surface area contributed by atoms with Crippen molar-refractivity contribution in [3.8, 4) is 5.82 Å². The quantitative estimate of drug-likeness (QED) is 0.388. The van der Waals surface area contributed by atoms with Crippen LogP contribution in [0.2, 0.25) is 5.02 Å². The van der Waals surface area contributed by atoms with Gasteiger partial charge in [0.05, 0.1) is 10.9 Å². The predicted octanol–water partition coefficient (Wildman–Crippen LogP) is 3.01. The van der Waals surface area contributed by atoms with E-state index in [-0.39, 0.29) is 0 Å². The maximum Gasteiger partial charge on any atom is 0.341 e. The zero-order chi connectivity index (χ0) is 20.2. The molecule has 0 spiro atoms. The Bertz CT molecular complexity index is 1210. The van der Waals surface area contributed by atoms with E-state index in [2.05, 4.69) is 4.98 Å². The fourth-order valence-corrected chi connectivity index (χ4v) is 2.67. The Morgan fingerprint density at radius 1 is 1.15 bits per heavy atom. The molecule has 0 saturated carbocycles. The largest absolute Gasteiger partial charge is 0.477 e. The standard InChI is InChI=1S/C15H5ClF5N3O3/c16-6-7(18)5(17)1-3-11(6)24(2-4(12(3)25)15(26)27)14-9(20)10(22)8(19)13(21)23-14/h1-2H,(H2,22,23)(H,26,27). The van der Waals surface area contributed by atoms with E-state index in [4.69, 9.17) is 22.4 Å². The van der Waals surface area contributed by atoms with Crippen LogP contribution in [-0.2, 0) is 0 Å². The first-order chi connectivity index (χ1) is 12.6. The highest BCUT2D eigenvalue weighted by Gasteiger charge is 2.26. The number of anilines is 1. The molecule has 2 heterocycles. The molecule has 27 heavy (non-hydrogen) atoms. The number of aromatic nitrogens is 2. The minimum Gasteiger partial charge on any atom is -0.477 e. The number of hydrogen-bond acceptors (Lipinski definition) is 4. The van der Waals surface area contributed by atoms with Crippen LogP contribution >= 0.6 is 11.6 Å². The molecule has 6 nitrogen and oxygen atoms in total. The highest BCUT2D eigenvalue weighted by atomic mass is 35.5. The van der Waals surface area contributed by atoms with Gasteiger partial charge in [0.2, 0.25) is 11.2 Å². The molecule has 0 unspecified atom stereocenters. The average Bonchev–Trinajstić information content (AvgIpc) is 2.61. The number of halogens is 6. The Hall–Kier alpha value is -3.21. The van der Waals surface area contributed by atoms with Gasteiger partial charge in [0.1, 0.15) is 16.3 Å². The summed E-state index contributed by atoms with van der Waals surface area (Å²) in [6.45, 7) is 0. The number of benzene rings is 1. The van der Waals surface area contributed by atoms with Gasteiger partial charge in [-0.25, -0.2) is 18.0 Å². The number of carbonyl (C=O) groups is 1. The lowest BCUT2D eigenvalue weighted by Gasteiger charge is -2.15. The molecule has 0 aliphatic carbocycles. The Morgan fingerprint density at radius 3 is 2.37 bits per heavy atom. The molecule has 0 fully saturated rings. The van der Waals surface area contributed by atoms with Crippen LogP contribution < -0.4 is 11.2 Å². The van der Waals surface area contributed by atoms with Crippen molar-refractivity contribution in [2.45, 2.75) is 0 Å². The minimum atomic E-state index is -1.86. The Kier molecular flexibility index (Phi) is 4.26. The molecular formula is C15H5ClF5N3O3. The molecule has 0 bridgehead atoms. The number of rotatable bonds is 2. The van der Waals surface area contributed by atoms with Gasteiger partial charge in [-0.3, -0.25) is 9.36 Å². The van der Waals surface area contributed by atoms with Crippen molar-refractivity contribution in [1.29, 1.82) is 0 Å². The Balaban J connectivity index is 2.62. The molecule has 3 rings (SSSR count). The lowest BCUT2D eigenvalue weighted by molar-refractivity contribution is 0.0695. The van der Waals surface area contributed by atoms with Crippen molar-refractivity contribution < 1.29 is 31.9 Å². The monoisotopic (exact) mass is 405 g/mol. The molecule has 3 N–H and O–H groups in total. The molecule has 0 amide bonds. The molecule has 0 atom stereocenters. The van der Waals surface area contributed by atoms with E-state index >= 15 is 0 Å². The predicted molar refractivity (Wildman–Crippen MR) is 83.5 cm³/mol. The van der Waals surface area contributed by atoms with Crippen LogP contribution in [0.1, 0.15) is 10.4 Å².